The van der Waals surface area contributed by atoms with E-state index in [-0.39, 0.29) is 17.8 Å². The minimum Gasteiger partial charge on any atom is -0.444 e. The average molecular weight is 325 g/mol. The molecule has 0 radical (unpaired) electrons. The second-order valence-corrected chi connectivity index (χ2v) is 8.13. The van der Waals surface area contributed by atoms with Gasteiger partial charge in [0.2, 0.25) is 0 Å². The van der Waals surface area contributed by atoms with Crippen LogP contribution in [-0.4, -0.2) is 35.7 Å². The van der Waals surface area contributed by atoms with Gasteiger partial charge in [-0.05, 0) is 62.3 Å². The number of hydrogen-bond acceptors (Lipinski definition) is 4. The van der Waals surface area contributed by atoms with E-state index < -0.39 is 23.3 Å². The lowest BCUT2D eigenvalue weighted by Crippen LogP contribution is -2.43. The Morgan fingerprint density at radius 3 is 1.96 bits per heavy atom. The molecule has 0 aliphatic heterocycles. The lowest BCUT2D eigenvalue weighted by Gasteiger charge is -2.23. The van der Waals surface area contributed by atoms with Gasteiger partial charge in [-0.25, -0.2) is 4.79 Å². The molecule has 1 N–H and O–H groups in total. The van der Waals surface area contributed by atoms with Crippen LogP contribution in [0.2, 0.25) is 0 Å². The van der Waals surface area contributed by atoms with E-state index >= 15 is 0 Å². The van der Waals surface area contributed by atoms with Crippen molar-refractivity contribution in [3.63, 3.8) is 0 Å². The summed E-state index contributed by atoms with van der Waals surface area (Å²) >= 11 is 0. The maximum atomic E-state index is 12.0. The van der Waals surface area contributed by atoms with E-state index in [9.17, 15) is 9.59 Å². The van der Waals surface area contributed by atoms with E-state index in [0.717, 1.165) is 0 Å². The number of ether oxygens (including phenoxy) is 2. The maximum absolute atomic E-state index is 12.0. The van der Waals surface area contributed by atoms with Crippen molar-refractivity contribution >= 4 is 11.9 Å². The van der Waals surface area contributed by atoms with Gasteiger partial charge in [0.05, 0.1) is 6.04 Å². The fourth-order valence-electron chi connectivity index (χ4n) is 1.32. The molecule has 5 nitrogen and oxygen atoms in total. The highest BCUT2D eigenvalue weighted by molar-refractivity contribution is 5.88. The molecule has 0 aromatic carbocycles. The van der Waals surface area contributed by atoms with Crippen LogP contribution in [0, 0.1) is 17.3 Å². The van der Waals surface area contributed by atoms with Crippen molar-refractivity contribution in [2.75, 3.05) is 6.61 Å². The summed E-state index contributed by atoms with van der Waals surface area (Å²) in [5, 5.41) is 2.50. The largest absolute Gasteiger partial charge is 0.444 e. The summed E-state index contributed by atoms with van der Waals surface area (Å²) in [6, 6.07) is -0.684. The highest BCUT2D eigenvalue weighted by Crippen LogP contribution is 2.14. The Morgan fingerprint density at radius 2 is 1.52 bits per heavy atom. The molecule has 0 saturated heterocycles. The van der Waals surface area contributed by atoms with Gasteiger partial charge in [0.15, 0.2) is 5.78 Å². The molecule has 0 saturated carbocycles. The van der Waals surface area contributed by atoms with Gasteiger partial charge in [0.1, 0.15) is 17.8 Å². The van der Waals surface area contributed by atoms with E-state index in [0.29, 0.717) is 0 Å². The lowest BCUT2D eigenvalue weighted by atomic mass is 9.96. The summed E-state index contributed by atoms with van der Waals surface area (Å²) < 4.78 is 10.7. The van der Waals surface area contributed by atoms with E-state index in [1.165, 1.54) is 0 Å². The van der Waals surface area contributed by atoms with Gasteiger partial charge in [-0.15, -0.1) is 0 Å². The molecule has 0 spiro atoms. The second-order valence-electron chi connectivity index (χ2n) is 8.13. The molecule has 0 unspecified atom stereocenters. The van der Waals surface area contributed by atoms with Crippen molar-refractivity contribution in [1.29, 1.82) is 0 Å². The Kier molecular flexibility index (Phi) is 7.30. The summed E-state index contributed by atoms with van der Waals surface area (Å²) in [7, 11) is 0. The number of ketones is 1. The molecule has 0 aliphatic rings. The Hall–Kier alpha value is -1.54. The van der Waals surface area contributed by atoms with Gasteiger partial charge in [0.25, 0.3) is 0 Å². The van der Waals surface area contributed by atoms with Crippen molar-refractivity contribution in [3.05, 3.63) is 0 Å². The van der Waals surface area contributed by atoms with E-state index in [4.69, 9.17) is 9.47 Å². The molecule has 1 atom stereocenters. The quantitative estimate of drug-likeness (QED) is 0.788. The summed E-state index contributed by atoms with van der Waals surface area (Å²) in [5.74, 6) is 5.89. The van der Waals surface area contributed by atoms with Crippen molar-refractivity contribution in [2.45, 2.75) is 79.6 Å². The Labute approximate surface area is 140 Å². The zero-order valence-corrected chi connectivity index (χ0v) is 15.9. The van der Waals surface area contributed by atoms with E-state index in [2.05, 4.69) is 17.2 Å². The van der Waals surface area contributed by atoms with E-state index in [1.54, 1.807) is 27.7 Å². The first kappa shape index (κ1) is 21.5. The molecule has 0 fully saturated rings. The Bertz CT molecular complexity index is 484. The fourth-order valence-corrected chi connectivity index (χ4v) is 1.32. The SMILES string of the molecule is C[C@H](NC(=O)OC(C)(C)C)C(=O)COC(C)(C)C#CC(C)(C)C. The minimum absolute atomic E-state index is 0.122. The molecule has 1 amide bonds. The summed E-state index contributed by atoms with van der Waals surface area (Å²) in [6.45, 7) is 16.4. The van der Waals surface area contributed by atoms with Crippen LogP contribution in [-0.2, 0) is 14.3 Å². The van der Waals surface area contributed by atoms with Crippen molar-refractivity contribution < 1.29 is 19.1 Å². The number of amides is 1. The predicted molar refractivity (Wildman–Crippen MR) is 91.1 cm³/mol. The van der Waals surface area contributed by atoms with Crippen LogP contribution in [0.5, 0.6) is 0 Å². The number of carbonyl (C=O) groups is 2. The van der Waals surface area contributed by atoms with Crippen LogP contribution in [0.15, 0.2) is 0 Å². The molecule has 0 bridgehead atoms. The topological polar surface area (TPSA) is 64.6 Å². The van der Waals surface area contributed by atoms with E-state index in [1.807, 2.05) is 34.6 Å². The average Bonchev–Trinajstić information content (AvgIpc) is 2.30. The van der Waals surface area contributed by atoms with Gasteiger partial charge in [-0.1, -0.05) is 11.8 Å². The molecule has 23 heavy (non-hydrogen) atoms. The summed E-state index contributed by atoms with van der Waals surface area (Å²) in [4.78, 5) is 23.7. The van der Waals surface area contributed by atoms with Crippen LogP contribution < -0.4 is 5.32 Å². The highest BCUT2D eigenvalue weighted by Gasteiger charge is 2.23. The molecule has 0 heterocycles. The van der Waals surface area contributed by atoms with Gasteiger partial charge in [-0.3, -0.25) is 4.79 Å². The molecule has 0 rings (SSSR count). The van der Waals surface area contributed by atoms with Gasteiger partial charge >= 0.3 is 6.09 Å². The van der Waals surface area contributed by atoms with Crippen molar-refractivity contribution in [3.8, 4) is 11.8 Å². The number of carbonyl (C=O) groups excluding carboxylic acids is 2. The molecule has 132 valence electrons. The molecule has 0 aliphatic carbocycles. The molecule has 5 heteroatoms. The standard InChI is InChI=1S/C18H31NO4/c1-13(19-15(21)23-17(5,6)7)14(20)12-22-18(8,9)11-10-16(2,3)4/h13H,12H2,1-9H3,(H,19,21)/t13-/m0/s1. The van der Waals surface area contributed by atoms with Crippen molar-refractivity contribution in [1.82, 2.24) is 5.32 Å². The third-order valence-corrected chi connectivity index (χ3v) is 2.53. The van der Waals surface area contributed by atoms with Crippen LogP contribution in [0.25, 0.3) is 0 Å². The van der Waals surface area contributed by atoms with Crippen LogP contribution in [0.4, 0.5) is 4.79 Å². The third-order valence-electron chi connectivity index (χ3n) is 2.53. The highest BCUT2D eigenvalue weighted by atomic mass is 16.6. The van der Waals surface area contributed by atoms with Crippen LogP contribution >= 0.6 is 0 Å². The third kappa shape index (κ3) is 11.7. The Balaban J connectivity index is 4.48. The van der Waals surface area contributed by atoms with Gasteiger partial charge in [0, 0.05) is 5.41 Å². The first-order valence-corrected chi connectivity index (χ1v) is 7.82. The maximum Gasteiger partial charge on any atom is 0.408 e. The van der Waals surface area contributed by atoms with Crippen LogP contribution in [0.1, 0.15) is 62.3 Å². The number of rotatable bonds is 5. The van der Waals surface area contributed by atoms with Crippen molar-refractivity contribution in [2.24, 2.45) is 5.41 Å². The van der Waals surface area contributed by atoms with Gasteiger partial charge in [-0.2, -0.15) is 0 Å². The van der Waals surface area contributed by atoms with Crippen LogP contribution in [0.3, 0.4) is 0 Å². The lowest BCUT2D eigenvalue weighted by molar-refractivity contribution is -0.128. The normalized spacial score (nSPS) is 13.6. The minimum atomic E-state index is -0.728. The molecular formula is C18H31NO4. The molecular weight excluding hydrogens is 294 g/mol. The number of hydrogen-bond donors (Lipinski definition) is 1. The second kappa shape index (κ2) is 7.83. The predicted octanol–water partition coefficient (Wildman–Crippen LogP) is 3.31. The molecule has 0 aromatic rings. The zero-order valence-electron chi connectivity index (χ0n) is 15.9. The first-order chi connectivity index (χ1) is 10.1. The summed E-state index contributed by atoms with van der Waals surface area (Å²) in [5.41, 5.74) is -1.46. The number of Topliss-reactive ketones (excluding diaryl/α,β-unsaturated/α-hetero) is 1. The van der Waals surface area contributed by atoms with Gasteiger partial charge < -0.3 is 14.8 Å². The Morgan fingerprint density at radius 1 is 1.00 bits per heavy atom. The molecule has 0 aromatic heterocycles. The monoisotopic (exact) mass is 325 g/mol. The fraction of sp³-hybridized carbons (Fsp3) is 0.778. The first-order valence-electron chi connectivity index (χ1n) is 7.82. The number of nitrogens with one attached hydrogen (secondary N) is 1. The smallest absolute Gasteiger partial charge is 0.408 e. The zero-order chi connectivity index (χ0) is 18.5. The number of alkyl carbamates (subject to hydrolysis) is 1. The summed E-state index contributed by atoms with van der Waals surface area (Å²) in [6.07, 6.45) is -0.620.